The Kier molecular flexibility index (Phi) is 5.27. The first-order valence-electron chi connectivity index (χ1n) is 5.98. The van der Waals surface area contributed by atoms with Gasteiger partial charge in [-0.15, -0.1) is 0 Å². The van der Waals surface area contributed by atoms with Gasteiger partial charge in [-0.25, -0.2) is 4.57 Å². The van der Waals surface area contributed by atoms with Gasteiger partial charge in [-0.1, -0.05) is 0 Å². The molecule has 0 aromatic rings. The molecule has 0 amide bonds. The molecule has 2 rings (SSSR count). The van der Waals surface area contributed by atoms with E-state index in [0.717, 1.165) is 38.9 Å². The average molecular weight is 285 g/mol. The third-order valence-corrected chi connectivity index (χ3v) is 4.38. The molecule has 0 saturated carbocycles. The highest BCUT2D eigenvalue weighted by Crippen LogP contribution is 2.54. The summed E-state index contributed by atoms with van der Waals surface area (Å²) in [5.74, 6) is 0. The number of ether oxygens (including phenoxy) is 2. The quantitative estimate of drug-likeness (QED) is 0.702. The van der Waals surface area contributed by atoms with Crippen molar-refractivity contribution in [1.82, 2.24) is 0 Å². The van der Waals surface area contributed by atoms with Crippen molar-refractivity contribution in [1.29, 1.82) is 0 Å². The first-order chi connectivity index (χ1) is 8.16. The second kappa shape index (κ2) is 6.50. The van der Waals surface area contributed by atoms with Crippen molar-refractivity contribution in [3.8, 4) is 0 Å². The minimum absolute atomic E-state index is 0.00611. The molecular weight excluding hydrogens is 267 g/mol. The van der Waals surface area contributed by atoms with E-state index in [1.165, 1.54) is 0 Å². The number of hydrogen-bond donors (Lipinski definition) is 0. The molecule has 2 aliphatic rings. The van der Waals surface area contributed by atoms with Crippen molar-refractivity contribution in [3.05, 3.63) is 0 Å². The Balaban J connectivity index is 1.64. The van der Waals surface area contributed by atoms with Crippen LogP contribution in [0.3, 0.4) is 0 Å². The summed E-state index contributed by atoms with van der Waals surface area (Å²) in [7, 11) is 0. The third kappa shape index (κ3) is 4.86. The molecule has 5 nitrogen and oxygen atoms in total. The maximum atomic E-state index is 11.7. The van der Waals surface area contributed by atoms with Crippen LogP contribution in [-0.4, -0.2) is 38.6 Å². The second-order valence-electron chi connectivity index (χ2n) is 4.29. The molecule has 2 saturated heterocycles. The van der Waals surface area contributed by atoms with Gasteiger partial charge in [0.1, 0.15) is 0 Å². The summed E-state index contributed by atoms with van der Waals surface area (Å²) in [5.41, 5.74) is 0. The lowest BCUT2D eigenvalue weighted by molar-refractivity contribution is 0.0450. The Labute approximate surface area is 106 Å². The molecular formula is C10H18ClO5P. The van der Waals surface area contributed by atoms with E-state index in [1.54, 1.807) is 0 Å². The highest BCUT2D eigenvalue weighted by atomic mass is 35.7. The van der Waals surface area contributed by atoms with E-state index >= 15 is 0 Å². The molecule has 7 heteroatoms. The van der Waals surface area contributed by atoms with E-state index in [9.17, 15) is 4.57 Å². The van der Waals surface area contributed by atoms with E-state index < -0.39 is 6.95 Å². The SMILES string of the molecule is O=P(Cl)(OCC1CCCO1)OCC1CCCO1. The van der Waals surface area contributed by atoms with Crippen molar-refractivity contribution in [2.45, 2.75) is 37.9 Å². The van der Waals surface area contributed by atoms with E-state index in [2.05, 4.69) is 0 Å². The molecule has 2 unspecified atom stereocenters. The summed E-state index contributed by atoms with van der Waals surface area (Å²) in [6.45, 7) is -1.56. The number of hydrogen-bond acceptors (Lipinski definition) is 5. The summed E-state index contributed by atoms with van der Waals surface area (Å²) in [5, 5.41) is 0. The van der Waals surface area contributed by atoms with Gasteiger partial charge in [0.05, 0.1) is 25.4 Å². The van der Waals surface area contributed by atoms with Crippen LogP contribution >= 0.6 is 18.2 Å². The molecule has 100 valence electrons. The molecule has 0 aliphatic carbocycles. The minimum atomic E-state index is -3.49. The van der Waals surface area contributed by atoms with Crippen LogP contribution in [0.4, 0.5) is 0 Å². The van der Waals surface area contributed by atoms with E-state index in [1.807, 2.05) is 0 Å². The molecule has 2 aliphatic heterocycles. The van der Waals surface area contributed by atoms with Crippen molar-refractivity contribution in [2.24, 2.45) is 0 Å². The van der Waals surface area contributed by atoms with Crippen molar-refractivity contribution in [2.75, 3.05) is 26.4 Å². The lowest BCUT2D eigenvalue weighted by atomic mass is 10.2. The van der Waals surface area contributed by atoms with Crippen LogP contribution in [0.25, 0.3) is 0 Å². The maximum absolute atomic E-state index is 11.7. The predicted molar refractivity (Wildman–Crippen MR) is 63.3 cm³/mol. The highest BCUT2D eigenvalue weighted by molar-refractivity contribution is 7.81. The largest absolute Gasteiger partial charge is 0.424 e. The van der Waals surface area contributed by atoms with Crippen molar-refractivity contribution < 1.29 is 23.1 Å². The lowest BCUT2D eigenvalue weighted by Gasteiger charge is -2.16. The average Bonchev–Trinajstić information content (AvgIpc) is 2.97. The van der Waals surface area contributed by atoms with Crippen LogP contribution in [0, 0.1) is 0 Å². The zero-order valence-electron chi connectivity index (χ0n) is 9.68. The highest BCUT2D eigenvalue weighted by Gasteiger charge is 2.27. The van der Waals surface area contributed by atoms with Gasteiger partial charge in [-0.3, -0.25) is 9.05 Å². The van der Waals surface area contributed by atoms with Gasteiger partial charge in [-0.05, 0) is 25.7 Å². The summed E-state index contributed by atoms with van der Waals surface area (Å²) in [6, 6.07) is 0. The number of halogens is 1. The fraction of sp³-hybridized carbons (Fsp3) is 1.00. The number of rotatable bonds is 6. The third-order valence-electron chi connectivity index (χ3n) is 2.88. The first-order valence-corrected chi connectivity index (χ1v) is 8.42. The van der Waals surface area contributed by atoms with Crippen LogP contribution in [0.5, 0.6) is 0 Å². The molecule has 0 spiro atoms. The van der Waals surface area contributed by atoms with Crippen molar-refractivity contribution >= 4 is 18.2 Å². The molecule has 0 bridgehead atoms. The maximum Gasteiger partial charge on any atom is 0.424 e. The molecule has 2 fully saturated rings. The zero-order chi connectivity index (χ0) is 12.1. The van der Waals surface area contributed by atoms with Crippen molar-refractivity contribution in [3.63, 3.8) is 0 Å². The van der Waals surface area contributed by atoms with Crippen LogP contribution in [0.2, 0.25) is 0 Å². The molecule has 0 aromatic heterocycles. The van der Waals surface area contributed by atoms with Crippen LogP contribution in [0.1, 0.15) is 25.7 Å². The molecule has 2 atom stereocenters. The Morgan fingerprint density at radius 2 is 1.53 bits per heavy atom. The molecule has 17 heavy (non-hydrogen) atoms. The Hall–Kier alpha value is 0.360. The van der Waals surface area contributed by atoms with Gasteiger partial charge >= 0.3 is 6.95 Å². The van der Waals surface area contributed by atoms with Gasteiger partial charge < -0.3 is 9.47 Å². The lowest BCUT2D eigenvalue weighted by Crippen LogP contribution is -2.15. The van der Waals surface area contributed by atoms with Crippen LogP contribution < -0.4 is 0 Å². The Morgan fingerprint density at radius 1 is 1.06 bits per heavy atom. The fourth-order valence-corrected chi connectivity index (χ4v) is 3.03. The minimum Gasteiger partial charge on any atom is -0.376 e. The van der Waals surface area contributed by atoms with Crippen LogP contribution in [0.15, 0.2) is 0 Å². The molecule has 2 heterocycles. The van der Waals surface area contributed by atoms with E-state index in [-0.39, 0.29) is 25.4 Å². The topological polar surface area (TPSA) is 54.0 Å². The predicted octanol–water partition coefficient (Wildman–Crippen LogP) is 2.72. The van der Waals surface area contributed by atoms with Gasteiger partial charge in [0, 0.05) is 24.5 Å². The molecule has 0 radical (unpaired) electrons. The summed E-state index contributed by atoms with van der Waals surface area (Å²) in [4.78, 5) is 0. The monoisotopic (exact) mass is 284 g/mol. The first kappa shape index (κ1) is 13.8. The van der Waals surface area contributed by atoms with E-state index in [0.29, 0.717) is 0 Å². The Bertz CT molecular complexity index is 252. The zero-order valence-corrected chi connectivity index (χ0v) is 11.3. The van der Waals surface area contributed by atoms with Gasteiger partial charge in [0.2, 0.25) is 0 Å². The normalized spacial score (nSPS) is 32.8. The summed E-state index contributed by atoms with van der Waals surface area (Å²) in [6.07, 6.45) is 3.85. The Morgan fingerprint density at radius 3 is 1.88 bits per heavy atom. The second-order valence-corrected chi connectivity index (χ2v) is 6.91. The van der Waals surface area contributed by atoms with Crippen LogP contribution in [-0.2, 0) is 23.1 Å². The molecule has 0 aromatic carbocycles. The summed E-state index contributed by atoms with van der Waals surface area (Å²) >= 11 is 5.69. The fourth-order valence-electron chi connectivity index (χ4n) is 1.93. The smallest absolute Gasteiger partial charge is 0.376 e. The van der Waals surface area contributed by atoms with Gasteiger partial charge in [-0.2, -0.15) is 0 Å². The van der Waals surface area contributed by atoms with E-state index in [4.69, 9.17) is 29.8 Å². The van der Waals surface area contributed by atoms with Gasteiger partial charge in [0.25, 0.3) is 0 Å². The summed E-state index contributed by atoms with van der Waals surface area (Å²) < 4.78 is 32.6. The van der Waals surface area contributed by atoms with Gasteiger partial charge in [0.15, 0.2) is 0 Å². The molecule has 0 N–H and O–H groups in total. The standard InChI is InChI=1S/C10H18ClO5P/c11-17(12,15-7-9-3-1-5-13-9)16-8-10-4-2-6-14-10/h9-10H,1-8H2.